The van der Waals surface area contributed by atoms with Crippen LogP contribution in [0, 0.1) is 5.92 Å². The SMILES string of the molecule is COC(=O)/C(C)=C/CC[C@@H](C)CCOC(=O)c1ccccc1. The van der Waals surface area contributed by atoms with Gasteiger partial charge in [0.05, 0.1) is 19.3 Å². The maximum Gasteiger partial charge on any atom is 0.338 e. The van der Waals surface area contributed by atoms with Crippen LogP contribution in [0.4, 0.5) is 0 Å². The second-order valence-electron chi connectivity index (χ2n) is 5.35. The Labute approximate surface area is 132 Å². The smallest absolute Gasteiger partial charge is 0.338 e. The standard InChI is InChI=1S/C18H24O4/c1-14(8-7-9-15(2)17(19)21-3)12-13-22-18(20)16-10-5-4-6-11-16/h4-6,9-11,14H,7-8,12-13H2,1-3H3/b15-9+/t14-/m1/s1. The van der Waals surface area contributed by atoms with E-state index in [-0.39, 0.29) is 11.9 Å². The average Bonchev–Trinajstić information content (AvgIpc) is 2.54. The number of carbonyl (C=O) groups is 2. The first-order valence-corrected chi connectivity index (χ1v) is 7.51. The molecule has 0 unspecified atom stereocenters. The molecule has 0 saturated heterocycles. The van der Waals surface area contributed by atoms with Crippen molar-refractivity contribution < 1.29 is 19.1 Å². The maximum absolute atomic E-state index is 11.8. The van der Waals surface area contributed by atoms with Crippen molar-refractivity contribution in [3.05, 3.63) is 47.5 Å². The molecule has 0 saturated carbocycles. The van der Waals surface area contributed by atoms with E-state index < -0.39 is 0 Å². The number of hydrogen-bond acceptors (Lipinski definition) is 4. The highest BCUT2D eigenvalue weighted by molar-refractivity contribution is 5.89. The zero-order valence-electron chi connectivity index (χ0n) is 13.5. The monoisotopic (exact) mass is 304 g/mol. The summed E-state index contributed by atoms with van der Waals surface area (Å²) in [6.07, 6.45) is 4.45. The Balaban J connectivity index is 2.22. The van der Waals surface area contributed by atoms with E-state index in [2.05, 4.69) is 11.7 Å². The van der Waals surface area contributed by atoms with Gasteiger partial charge in [0.25, 0.3) is 0 Å². The number of methoxy groups -OCH3 is 1. The van der Waals surface area contributed by atoms with Gasteiger partial charge >= 0.3 is 11.9 Å². The summed E-state index contributed by atoms with van der Waals surface area (Å²) in [6, 6.07) is 8.98. The summed E-state index contributed by atoms with van der Waals surface area (Å²) in [5.74, 6) is -0.149. The molecule has 0 aromatic heterocycles. The van der Waals surface area contributed by atoms with Gasteiger partial charge in [0.1, 0.15) is 0 Å². The van der Waals surface area contributed by atoms with E-state index in [9.17, 15) is 9.59 Å². The van der Waals surface area contributed by atoms with Gasteiger partial charge in [-0.3, -0.25) is 0 Å². The molecular weight excluding hydrogens is 280 g/mol. The van der Waals surface area contributed by atoms with Gasteiger partial charge in [-0.15, -0.1) is 0 Å². The molecule has 4 heteroatoms. The van der Waals surface area contributed by atoms with Crippen molar-refractivity contribution in [1.29, 1.82) is 0 Å². The third kappa shape index (κ3) is 6.57. The molecule has 0 radical (unpaired) electrons. The van der Waals surface area contributed by atoms with Gasteiger partial charge in [0, 0.05) is 5.57 Å². The highest BCUT2D eigenvalue weighted by Gasteiger charge is 2.08. The Hall–Kier alpha value is -2.10. The van der Waals surface area contributed by atoms with Crippen molar-refractivity contribution >= 4 is 11.9 Å². The molecule has 0 spiro atoms. The lowest BCUT2D eigenvalue weighted by molar-refractivity contribution is -0.136. The summed E-state index contributed by atoms with van der Waals surface area (Å²) in [5.41, 5.74) is 1.21. The van der Waals surface area contributed by atoms with Crippen LogP contribution in [-0.2, 0) is 14.3 Å². The molecule has 0 aliphatic heterocycles. The molecule has 0 fully saturated rings. The van der Waals surface area contributed by atoms with E-state index in [0.717, 1.165) is 19.3 Å². The van der Waals surface area contributed by atoms with Gasteiger partial charge in [0.2, 0.25) is 0 Å². The summed E-state index contributed by atoms with van der Waals surface area (Å²) < 4.78 is 9.89. The van der Waals surface area contributed by atoms with Gasteiger partial charge in [-0.1, -0.05) is 31.2 Å². The third-order valence-electron chi connectivity index (χ3n) is 3.47. The Morgan fingerprint density at radius 3 is 2.50 bits per heavy atom. The summed E-state index contributed by atoms with van der Waals surface area (Å²) in [6.45, 7) is 4.27. The maximum atomic E-state index is 11.8. The molecule has 1 aromatic carbocycles. The van der Waals surface area contributed by atoms with Crippen LogP contribution in [-0.4, -0.2) is 25.7 Å². The zero-order chi connectivity index (χ0) is 16.4. The molecule has 1 rings (SSSR count). The first kappa shape index (κ1) is 18.0. The highest BCUT2D eigenvalue weighted by Crippen LogP contribution is 2.13. The molecule has 0 heterocycles. The average molecular weight is 304 g/mol. The predicted molar refractivity (Wildman–Crippen MR) is 85.5 cm³/mol. The summed E-state index contributed by atoms with van der Waals surface area (Å²) >= 11 is 0. The first-order chi connectivity index (χ1) is 10.5. The van der Waals surface area contributed by atoms with Crippen LogP contribution in [0.3, 0.4) is 0 Å². The quantitative estimate of drug-likeness (QED) is 0.542. The van der Waals surface area contributed by atoms with Crippen LogP contribution in [0.5, 0.6) is 0 Å². The zero-order valence-corrected chi connectivity index (χ0v) is 13.5. The topological polar surface area (TPSA) is 52.6 Å². The van der Waals surface area contributed by atoms with E-state index >= 15 is 0 Å². The van der Waals surface area contributed by atoms with Crippen LogP contribution in [0.15, 0.2) is 42.0 Å². The van der Waals surface area contributed by atoms with Gasteiger partial charge in [-0.2, -0.15) is 0 Å². The molecular formula is C18H24O4. The van der Waals surface area contributed by atoms with E-state index in [0.29, 0.717) is 23.7 Å². The van der Waals surface area contributed by atoms with Gasteiger partial charge in [-0.05, 0) is 44.2 Å². The molecule has 4 nitrogen and oxygen atoms in total. The van der Waals surface area contributed by atoms with Crippen molar-refractivity contribution in [2.24, 2.45) is 5.92 Å². The second kappa shape index (κ2) is 9.77. The second-order valence-corrected chi connectivity index (χ2v) is 5.35. The number of rotatable bonds is 8. The van der Waals surface area contributed by atoms with Crippen LogP contribution in [0.2, 0.25) is 0 Å². The Kier molecular flexibility index (Phi) is 7.97. The lowest BCUT2D eigenvalue weighted by atomic mass is 10.0. The lowest BCUT2D eigenvalue weighted by Gasteiger charge is -2.10. The third-order valence-corrected chi connectivity index (χ3v) is 3.47. The van der Waals surface area contributed by atoms with E-state index in [4.69, 9.17) is 4.74 Å². The largest absolute Gasteiger partial charge is 0.466 e. The summed E-state index contributed by atoms with van der Waals surface area (Å²) in [7, 11) is 1.38. The highest BCUT2D eigenvalue weighted by atomic mass is 16.5. The number of esters is 2. The molecule has 120 valence electrons. The van der Waals surface area contributed by atoms with Crippen LogP contribution in [0.1, 0.15) is 43.5 Å². The fourth-order valence-electron chi connectivity index (χ4n) is 1.98. The van der Waals surface area contributed by atoms with Crippen molar-refractivity contribution in [3.63, 3.8) is 0 Å². The molecule has 0 amide bonds. The Morgan fingerprint density at radius 1 is 1.18 bits per heavy atom. The fourth-order valence-corrected chi connectivity index (χ4v) is 1.98. The molecule has 0 aliphatic rings. The molecule has 0 N–H and O–H groups in total. The van der Waals surface area contributed by atoms with Gasteiger partial charge < -0.3 is 9.47 Å². The molecule has 22 heavy (non-hydrogen) atoms. The number of hydrogen-bond donors (Lipinski definition) is 0. The number of ether oxygens (including phenoxy) is 2. The van der Waals surface area contributed by atoms with E-state index in [1.807, 2.05) is 24.3 Å². The van der Waals surface area contributed by atoms with Crippen LogP contribution in [0.25, 0.3) is 0 Å². The molecule has 0 aliphatic carbocycles. The number of allylic oxidation sites excluding steroid dienone is 1. The van der Waals surface area contributed by atoms with Crippen molar-refractivity contribution in [1.82, 2.24) is 0 Å². The lowest BCUT2D eigenvalue weighted by Crippen LogP contribution is -2.09. The predicted octanol–water partition coefficient (Wildman–Crippen LogP) is 3.77. The normalized spacial score (nSPS) is 12.6. The van der Waals surface area contributed by atoms with Gasteiger partial charge in [0.15, 0.2) is 0 Å². The van der Waals surface area contributed by atoms with E-state index in [1.54, 1.807) is 19.1 Å². The number of benzene rings is 1. The fraction of sp³-hybridized carbons (Fsp3) is 0.444. The minimum absolute atomic E-state index is 0.283. The van der Waals surface area contributed by atoms with Crippen molar-refractivity contribution in [2.45, 2.75) is 33.1 Å². The Morgan fingerprint density at radius 2 is 1.86 bits per heavy atom. The Bertz CT molecular complexity index is 505. The van der Waals surface area contributed by atoms with Crippen molar-refractivity contribution in [3.8, 4) is 0 Å². The number of carbonyl (C=O) groups excluding carboxylic acids is 2. The van der Waals surface area contributed by atoms with Crippen LogP contribution >= 0.6 is 0 Å². The van der Waals surface area contributed by atoms with Crippen LogP contribution < -0.4 is 0 Å². The molecule has 0 bridgehead atoms. The first-order valence-electron chi connectivity index (χ1n) is 7.51. The minimum Gasteiger partial charge on any atom is -0.466 e. The van der Waals surface area contributed by atoms with Crippen molar-refractivity contribution in [2.75, 3.05) is 13.7 Å². The van der Waals surface area contributed by atoms with E-state index in [1.165, 1.54) is 7.11 Å². The summed E-state index contributed by atoms with van der Waals surface area (Å²) in [5, 5.41) is 0. The summed E-state index contributed by atoms with van der Waals surface area (Å²) in [4.78, 5) is 23.0. The minimum atomic E-state index is -0.288. The van der Waals surface area contributed by atoms with Gasteiger partial charge in [-0.25, -0.2) is 9.59 Å². The molecule has 1 aromatic rings. The molecule has 1 atom stereocenters.